The smallest absolute Gasteiger partial charge is 0.168 e. The molecule has 8 aromatic carbocycles. The molecular weight excluding hydrogens is 1050 g/mol. The third kappa shape index (κ3) is 10.1. The van der Waals surface area contributed by atoms with Gasteiger partial charge in [-0.2, -0.15) is 0 Å². The van der Waals surface area contributed by atoms with Crippen molar-refractivity contribution in [3.63, 3.8) is 0 Å². The molecular formula is C68H66N12O4+4. The van der Waals surface area contributed by atoms with Crippen molar-refractivity contribution in [1.82, 2.24) is 57.8 Å². The van der Waals surface area contributed by atoms with E-state index in [9.17, 15) is 0 Å². The first-order valence-electron chi connectivity index (χ1n) is 27.8. The van der Waals surface area contributed by atoms with Gasteiger partial charge in [-0.1, -0.05) is 72.8 Å². The number of nitrogens with one attached hydrogen (secondary N) is 2. The van der Waals surface area contributed by atoms with Crippen LogP contribution in [0.15, 0.2) is 170 Å². The predicted octanol–water partition coefficient (Wildman–Crippen LogP) is 14.8. The Kier molecular flexibility index (Phi) is 12.7. The molecule has 2 aliphatic rings. The summed E-state index contributed by atoms with van der Waals surface area (Å²) in [6, 6.07) is 56.1. The standard InChI is InChI=1S/C68H66N12O4/c1-77(2,3)41-21-13-25-45(37-41)81-53-33-17-29-49-57(53)65-70-61(49)69-62-50-30-18-34-54(82-46-26-14-22-42(38-46)78(4,5)6)58(50)66(71-62)73-64-52-32-20-36-56(84-48-28-16-24-44(40-48)80(10,11)12)60(52)68(75-64)76-67-59-51(63(72-65)74-67)31-19-35-55(59)83-47-27-15-23-43(39-47)79(7,8)9/h13-40H,1-12H3,(H2,69,70,71,72,73,74,75,76)/q+4. The number of hydrogen-bond donors (Lipinski definition) is 2. The maximum absolute atomic E-state index is 6.93. The Morgan fingerprint density at radius 3 is 0.929 bits per heavy atom. The van der Waals surface area contributed by atoms with E-state index in [2.05, 4.69) is 143 Å². The highest BCUT2D eigenvalue weighted by atomic mass is 16.5. The molecule has 8 bridgehead atoms. The Labute approximate surface area is 487 Å². The zero-order valence-electron chi connectivity index (χ0n) is 49.3. The summed E-state index contributed by atoms with van der Waals surface area (Å²) < 4.78 is 30.0. The van der Waals surface area contributed by atoms with E-state index in [4.69, 9.17) is 48.9 Å². The lowest BCUT2D eigenvalue weighted by molar-refractivity contribution is 0.467. The first-order chi connectivity index (χ1) is 40.1. The van der Waals surface area contributed by atoms with E-state index in [1.54, 1.807) is 0 Å². The number of ether oxygens (including phenoxy) is 4. The first-order valence-corrected chi connectivity index (χ1v) is 27.8. The largest absolute Gasteiger partial charge is 0.456 e. The fourth-order valence-corrected chi connectivity index (χ4v) is 10.6. The van der Waals surface area contributed by atoms with Gasteiger partial charge < -0.3 is 28.9 Å². The second-order valence-electron chi connectivity index (χ2n) is 24.8. The summed E-state index contributed by atoms with van der Waals surface area (Å²) in [7, 11) is 25.5. The monoisotopic (exact) mass is 1110 g/mol. The van der Waals surface area contributed by atoms with Crippen LogP contribution in [0.4, 0.5) is 22.7 Å². The molecule has 0 aliphatic carbocycles. The Hall–Kier alpha value is -9.84. The van der Waals surface area contributed by atoms with Gasteiger partial charge in [0.2, 0.25) is 0 Å². The molecule has 2 N–H and O–H groups in total. The van der Waals surface area contributed by atoms with Gasteiger partial charge in [-0.3, -0.25) is 17.9 Å². The summed E-state index contributed by atoms with van der Waals surface area (Å²) in [6.45, 7) is 0. The number of fused-ring (bicyclic) bond motifs is 20. The Balaban J connectivity index is 1.12. The van der Waals surface area contributed by atoms with Gasteiger partial charge in [0, 0.05) is 46.2 Å². The van der Waals surface area contributed by atoms with E-state index < -0.39 is 0 Å². The van der Waals surface area contributed by atoms with Crippen LogP contribution < -0.4 is 36.9 Å². The molecule has 0 saturated carbocycles. The average molecular weight is 1120 g/mol. The molecule has 0 atom stereocenters. The molecule has 0 spiro atoms. The summed E-state index contributed by atoms with van der Waals surface area (Å²) >= 11 is 0. The molecule has 418 valence electrons. The van der Waals surface area contributed by atoms with Gasteiger partial charge in [0.05, 0.1) is 106 Å². The zero-order valence-corrected chi connectivity index (χ0v) is 49.3. The predicted molar refractivity (Wildman–Crippen MR) is 340 cm³/mol. The van der Waals surface area contributed by atoms with Crippen LogP contribution in [0.1, 0.15) is 0 Å². The van der Waals surface area contributed by atoms with Crippen LogP contribution in [-0.4, -0.2) is 124 Å². The third-order valence-electron chi connectivity index (χ3n) is 15.1. The molecule has 16 heteroatoms. The number of quaternary nitrogens is 4. The van der Waals surface area contributed by atoms with E-state index in [-0.39, 0.29) is 0 Å². The normalized spacial score (nSPS) is 12.5. The quantitative estimate of drug-likeness (QED) is 0.113. The van der Waals surface area contributed by atoms with Crippen molar-refractivity contribution in [2.45, 2.75) is 0 Å². The number of benzene rings is 8. The van der Waals surface area contributed by atoms with Gasteiger partial charge in [-0.15, -0.1) is 0 Å². The minimum Gasteiger partial charge on any atom is -0.456 e. The number of aromatic nitrogens is 8. The lowest BCUT2D eigenvalue weighted by atomic mass is 10.1. The van der Waals surface area contributed by atoms with Crippen LogP contribution >= 0.6 is 0 Å². The molecule has 3 aromatic heterocycles. The van der Waals surface area contributed by atoms with E-state index in [0.29, 0.717) is 137 Å². The van der Waals surface area contributed by atoms with Gasteiger partial charge in [0.15, 0.2) is 23.3 Å². The van der Waals surface area contributed by atoms with E-state index in [1.165, 1.54) is 0 Å². The number of H-pyrrole nitrogens is 2. The highest BCUT2D eigenvalue weighted by Gasteiger charge is 2.29. The van der Waals surface area contributed by atoms with Gasteiger partial charge in [0.25, 0.3) is 0 Å². The van der Waals surface area contributed by atoms with E-state index in [1.807, 2.05) is 121 Å². The van der Waals surface area contributed by atoms with Gasteiger partial charge in [-0.25, -0.2) is 29.9 Å². The molecule has 11 aromatic rings. The first kappa shape index (κ1) is 53.5. The molecule has 0 fully saturated rings. The molecule has 0 radical (unpaired) electrons. The number of hydrogen-bond acceptors (Lipinski definition) is 10. The fourth-order valence-electron chi connectivity index (χ4n) is 10.6. The highest BCUT2D eigenvalue weighted by molar-refractivity contribution is 6.10. The molecule has 84 heavy (non-hydrogen) atoms. The lowest BCUT2D eigenvalue weighted by Crippen LogP contribution is -2.34. The minimum atomic E-state index is 0.353. The van der Waals surface area contributed by atoms with Crippen LogP contribution in [0.5, 0.6) is 46.0 Å². The number of nitrogens with zero attached hydrogens (tertiary/aromatic N) is 10. The van der Waals surface area contributed by atoms with Crippen LogP contribution in [0, 0.1) is 0 Å². The van der Waals surface area contributed by atoms with Gasteiger partial charge >= 0.3 is 0 Å². The SMILES string of the molecule is C[N+](C)(C)c1cccc(Oc2cccc3c2-c2nc-3nc3[nH]c(nc4nc(nc5[nH]c(n2)c2cccc(Oc6cccc([N+](C)(C)C)c6)c52)-c2c(Oc5cccc([N+](C)(C)C)c5)cccc2-4)c2c(Oc4cccc([N+](C)(C)C)c4)cccc32)c1. The topological polar surface area (TPSA) is 146 Å². The van der Waals surface area contributed by atoms with E-state index in [0.717, 1.165) is 39.1 Å². The number of rotatable bonds is 12. The summed E-state index contributed by atoms with van der Waals surface area (Å²) in [4.78, 5) is 39.8. The summed E-state index contributed by atoms with van der Waals surface area (Å²) in [5, 5.41) is 2.84. The molecule has 0 unspecified atom stereocenters. The molecule has 16 nitrogen and oxygen atoms in total. The summed E-state index contributed by atoms with van der Waals surface area (Å²) in [6.07, 6.45) is 0. The van der Waals surface area contributed by atoms with Crippen LogP contribution in [0.25, 0.3) is 89.7 Å². The second-order valence-corrected chi connectivity index (χ2v) is 24.8. The van der Waals surface area contributed by atoms with Crippen LogP contribution in [0.3, 0.4) is 0 Å². The Bertz CT molecular complexity index is 4640. The zero-order chi connectivity index (χ0) is 58.5. The highest BCUT2D eigenvalue weighted by Crippen LogP contribution is 2.47. The maximum atomic E-state index is 6.93. The molecule has 5 heterocycles. The van der Waals surface area contributed by atoms with Crippen molar-refractivity contribution < 1.29 is 18.9 Å². The maximum Gasteiger partial charge on any atom is 0.168 e. The Morgan fingerprint density at radius 2 is 0.571 bits per heavy atom. The van der Waals surface area contributed by atoms with Crippen molar-refractivity contribution in [3.05, 3.63) is 170 Å². The van der Waals surface area contributed by atoms with Crippen molar-refractivity contribution >= 4 is 66.9 Å². The third-order valence-corrected chi connectivity index (χ3v) is 15.1. The second kappa shape index (κ2) is 20.0. The van der Waals surface area contributed by atoms with Crippen molar-refractivity contribution in [3.8, 4) is 91.5 Å². The van der Waals surface area contributed by atoms with Crippen molar-refractivity contribution in [1.29, 1.82) is 0 Å². The fraction of sp³-hybridized carbons (Fsp3) is 0.176. The lowest BCUT2D eigenvalue weighted by Gasteiger charge is -2.23. The molecule has 13 rings (SSSR count). The van der Waals surface area contributed by atoms with Crippen molar-refractivity contribution in [2.24, 2.45) is 0 Å². The average Bonchev–Trinajstić information content (AvgIpc) is 2.25. The van der Waals surface area contributed by atoms with Crippen LogP contribution in [0.2, 0.25) is 0 Å². The molecule has 2 aliphatic heterocycles. The minimum absolute atomic E-state index is 0.353. The summed E-state index contributed by atoms with van der Waals surface area (Å²) in [5.74, 6) is 6.39. The van der Waals surface area contributed by atoms with E-state index >= 15 is 0 Å². The van der Waals surface area contributed by atoms with Gasteiger partial charge in [-0.05, 0) is 72.8 Å². The Morgan fingerprint density at radius 1 is 0.286 bits per heavy atom. The number of aromatic amines is 2. The van der Waals surface area contributed by atoms with Gasteiger partial charge in [0.1, 0.15) is 91.3 Å². The summed E-state index contributed by atoms with van der Waals surface area (Å²) in [5.41, 5.74) is 8.90. The van der Waals surface area contributed by atoms with Crippen molar-refractivity contribution in [2.75, 3.05) is 84.6 Å². The molecule has 0 saturated heterocycles. The molecule has 0 amide bonds. The van der Waals surface area contributed by atoms with Crippen LogP contribution in [-0.2, 0) is 0 Å².